The summed E-state index contributed by atoms with van der Waals surface area (Å²) in [6.45, 7) is 0. The predicted molar refractivity (Wildman–Crippen MR) is 58.5 cm³/mol. The Bertz CT molecular complexity index is 323. The van der Waals surface area contributed by atoms with Crippen LogP contribution in [0.15, 0.2) is 30.3 Å². The Kier molecular flexibility index (Phi) is 2.83. The Morgan fingerprint density at radius 1 is 1.36 bits per heavy atom. The lowest BCUT2D eigenvalue weighted by Gasteiger charge is -2.16. The van der Waals surface area contributed by atoms with Crippen LogP contribution in [0.1, 0.15) is 12.8 Å². The van der Waals surface area contributed by atoms with E-state index in [-0.39, 0.29) is 5.66 Å². The molecular weight excluding hydrogens is 195 g/mol. The summed E-state index contributed by atoms with van der Waals surface area (Å²) in [6, 6.07) is 10.1. The van der Waals surface area contributed by atoms with E-state index in [2.05, 4.69) is 12.1 Å². The molecule has 2 nitrogen and oxygen atoms in total. The van der Waals surface area contributed by atoms with E-state index >= 15 is 0 Å². The number of carboxylic acid groups (broad SMARTS) is 1. The standard InChI is InChI=1S/C11H13O2P/c12-11(13)10-7-4-8-14(10)9-5-2-1-3-6-9/h1-3,5-6,10H,4,7-8H2,(H,12,13)/t10-,14?/m1/s1. The number of rotatable bonds is 2. The topological polar surface area (TPSA) is 37.3 Å². The van der Waals surface area contributed by atoms with Crippen molar-refractivity contribution in [2.24, 2.45) is 0 Å². The van der Waals surface area contributed by atoms with Gasteiger partial charge in [0, 0.05) is 0 Å². The summed E-state index contributed by atoms with van der Waals surface area (Å²) in [5, 5.41) is 10.3. The van der Waals surface area contributed by atoms with Crippen molar-refractivity contribution >= 4 is 19.2 Å². The van der Waals surface area contributed by atoms with Crippen LogP contribution >= 0.6 is 7.92 Å². The van der Waals surface area contributed by atoms with Gasteiger partial charge in [-0.3, -0.25) is 4.79 Å². The minimum Gasteiger partial charge on any atom is -0.481 e. The number of carboxylic acids is 1. The maximum Gasteiger partial charge on any atom is 0.311 e. The molecule has 0 aromatic heterocycles. The molecule has 1 heterocycles. The molecule has 1 saturated heterocycles. The molecule has 74 valence electrons. The normalized spacial score (nSPS) is 26.3. The number of aliphatic carboxylic acids is 1. The second kappa shape index (κ2) is 4.10. The van der Waals surface area contributed by atoms with Gasteiger partial charge in [0.1, 0.15) is 0 Å². The highest BCUT2D eigenvalue weighted by molar-refractivity contribution is 7.67. The van der Waals surface area contributed by atoms with Crippen molar-refractivity contribution in [3.8, 4) is 0 Å². The lowest BCUT2D eigenvalue weighted by Crippen LogP contribution is -2.19. The molecular formula is C11H13O2P. The molecule has 1 aromatic rings. The first kappa shape index (κ1) is 9.67. The maximum absolute atomic E-state index is 11.0. The molecule has 1 N–H and O–H groups in total. The molecule has 0 bridgehead atoms. The number of hydrogen-bond acceptors (Lipinski definition) is 1. The first-order valence-corrected chi connectivity index (χ1v) is 6.43. The van der Waals surface area contributed by atoms with Crippen LogP contribution in [0.4, 0.5) is 0 Å². The zero-order valence-electron chi connectivity index (χ0n) is 7.89. The average molecular weight is 208 g/mol. The fraction of sp³-hybridized carbons (Fsp3) is 0.364. The van der Waals surface area contributed by atoms with Crippen LogP contribution in [-0.2, 0) is 4.79 Å². The molecule has 3 heteroatoms. The van der Waals surface area contributed by atoms with Gasteiger partial charge in [0.25, 0.3) is 0 Å². The van der Waals surface area contributed by atoms with Crippen LogP contribution in [0.5, 0.6) is 0 Å². The van der Waals surface area contributed by atoms with Gasteiger partial charge in [0.2, 0.25) is 0 Å². The Morgan fingerprint density at radius 3 is 2.71 bits per heavy atom. The molecule has 0 spiro atoms. The van der Waals surface area contributed by atoms with Gasteiger partial charge in [0.15, 0.2) is 0 Å². The molecule has 0 aliphatic carbocycles. The molecule has 1 aliphatic heterocycles. The first-order chi connectivity index (χ1) is 6.79. The summed E-state index contributed by atoms with van der Waals surface area (Å²) >= 11 is 0. The van der Waals surface area contributed by atoms with Crippen LogP contribution < -0.4 is 5.30 Å². The minimum absolute atomic E-state index is 0.104. The third-order valence-corrected chi connectivity index (χ3v) is 5.62. The molecule has 0 radical (unpaired) electrons. The van der Waals surface area contributed by atoms with E-state index in [9.17, 15) is 4.79 Å². The van der Waals surface area contributed by atoms with E-state index in [4.69, 9.17) is 5.11 Å². The van der Waals surface area contributed by atoms with E-state index < -0.39 is 13.9 Å². The smallest absolute Gasteiger partial charge is 0.311 e. The molecule has 2 atom stereocenters. The van der Waals surface area contributed by atoms with Gasteiger partial charge in [-0.1, -0.05) is 38.3 Å². The van der Waals surface area contributed by atoms with Crippen LogP contribution in [0.3, 0.4) is 0 Å². The summed E-state index contributed by atoms with van der Waals surface area (Å²) in [7, 11) is -0.443. The van der Waals surface area contributed by atoms with E-state index in [1.54, 1.807) is 0 Å². The summed E-state index contributed by atoms with van der Waals surface area (Å²) in [5.74, 6) is -0.613. The van der Waals surface area contributed by atoms with Crippen LogP contribution in [-0.4, -0.2) is 22.9 Å². The Morgan fingerprint density at radius 2 is 2.07 bits per heavy atom. The largest absolute Gasteiger partial charge is 0.481 e. The Balaban J connectivity index is 2.22. The quantitative estimate of drug-likeness (QED) is 0.755. The zero-order valence-corrected chi connectivity index (χ0v) is 8.78. The van der Waals surface area contributed by atoms with Gasteiger partial charge >= 0.3 is 5.97 Å². The second-order valence-corrected chi connectivity index (χ2v) is 6.05. The first-order valence-electron chi connectivity index (χ1n) is 4.83. The van der Waals surface area contributed by atoms with Crippen LogP contribution in [0.2, 0.25) is 0 Å². The fourth-order valence-electron chi connectivity index (χ4n) is 1.95. The van der Waals surface area contributed by atoms with Gasteiger partial charge in [-0.15, -0.1) is 0 Å². The molecule has 1 unspecified atom stereocenters. The lowest BCUT2D eigenvalue weighted by atomic mass is 10.3. The van der Waals surface area contributed by atoms with Crippen molar-refractivity contribution in [2.75, 3.05) is 6.16 Å². The number of benzene rings is 1. The number of hydrogen-bond donors (Lipinski definition) is 1. The van der Waals surface area contributed by atoms with Gasteiger partial charge in [-0.05, 0) is 24.3 Å². The molecule has 1 fully saturated rings. The summed E-state index contributed by atoms with van der Waals surface area (Å²) < 4.78 is 0. The predicted octanol–water partition coefficient (Wildman–Crippen LogP) is 2.04. The van der Waals surface area contributed by atoms with Crippen molar-refractivity contribution in [3.05, 3.63) is 30.3 Å². The molecule has 14 heavy (non-hydrogen) atoms. The van der Waals surface area contributed by atoms with Crippen molar-refractivity contribution in [2.45, 2.75) is 18.5 Å². The number of carbonyl (C=O) groups is 1. The average Bonchev–Trinajstić information content (AvgIpc) is 2.67. The monoisotopic (exact) mass is 208 g/mol. The molecule has 2 rings (SSSR count). The van der Waals surface area contributed by atoms with Gasteiger partial charge in [0.05, 0.1) is 5.66 Å². The van der Waals surface area contributed by atoms with E-state index in [1.807, 2.05) is 18.2 Å². The van der Waals surface area contributed by atoms with Crippen LogP contribution in [0, 0.1) is 0 Å². The Hall–Kier alpha value is -0.880. The molecule has 0 amide bonds. The summed E-state index contributed by atoms with van der Waals surface area (Å²) in [6.07, 6.45) is 3.00. The molecule has 0 saturated carbocycles. The fourth-order valence-corrected chi connectivity index (χ4v) is 4.72. The van der Waals surface area contributed by atoms with Gasteiger partial charge < -0.3 is 5.11 Å². The highest BCUT2D eigenvalue weighted by atomic mass is 31.1. The highest BCUT2D eigenvalue weighted by Gasteiger charge is 2.33. The Labute approximate surface area is 84.7 Å². The van der Waals surface area contributed by atoms with E-state index in [0.29, 0.717) is 0 Å². The molecule has 1 aromatic carbocycles. The van der Waals surface area contributed by atoms with E-state index in [0.717, 1.165) is 19.0 Å². The SMILES string of the molecule is O=C(O)[C@H]1CCCP1c1ccccc1. The van der Waals surface area contributed by atoms with E-state index in [1.165, 1.54) is 5.30 Å². The maximum atomic E-state index is 11.0. The van der Waals surface area contributed by atoms with Crippen molar-refractivity contribution in [1.82, 2.24) is 0 Å². The zero-order chi connectivity index (χ0) is 9.97. The lowest BCUT2D eigenvalue weighted by molar-refractivity contribution is -0.136. The van der Waals surface area contributed by atoms with Crippen molar-refractivity contribution < 1.29 is 9.90 Å². The minimum atomic E-state index is -0.613. The third-order valence-electron chi connectivity index (χ3n) is 2.63. The summed E-state index contributed by atoms with van der Waals surface area (Å²) in [5.41, 5.74) is -0.104. The van der Waals surface area contributed by atoms with Crippen LogP contribution in [0.25, 0.3) is 0 Å². The molecule has 1 aliphatic rings. The van der Waals surface area contributed by atoms with Gasteiger partial charge in [-0.25, -0.2) is 0 Å². The highest BCUT2D eigenvalue weighted by Crippen LogP contribution is 2.48. The second-order valence-electron chi connectivity index (χ2n) is 3.53. The van der Waals surface area contributed by atoms with Crippen molar-refractivity contribution in [3.63, 3.8) is 0 Å². The van der Waals surface area contributed by atoms with Gasteiger partial charge in [-0.2, -0.15) is 0 Å². The van der Waals surface area contributed by atoms with Crippen molar-refractivity contribution in [1.29, 1.82) is 0 Å². The summed E-state index contributed by atoms with van der Waals surface area (Å²) in [4.78, 5) is 11.0. The third kappa shape index (κ3) is 1.80.